The number of esters is 1. The van der Waals surface area contributed by atoms with Gasteiger partial charge < -0.3 is 14.8 Å². The zero-order valence-electron chi connectivity index (χ0n) is 20.4. The van der Waals surface area contributed by atoms with E-state index >= 15 is 0 Å². The molecule has 5 rings (SSSR count). The van der Waals surface area contributed by atoms with E-state index in [0.29, 0.717) is 39.2 Å². The highest BCUT2D eigenvalue weighted by molar-refractivity contribution is 9.10. The lowest BCUT2D eigenvalue weighted by Gasteiger charge is -2.19. The molecule has 0 saturated heterocycles. The summed E-state index contributed by atoms with van der Waals surface area (Å²) >= 11 is 3.45. The minimum atomic E-state index is -1.18. The molecule has 6 nitrogen and oxygen atoms in total. The summed E-state index contributed by atoms with van der Waals surface area (Å²) in [6.07, 6.45) is -1.18. The number of aromatic nitrogens is 1. The highest BCUT2D eigenvalue weighted by atomic mass is 79.9. The van der Waals surface area contributed by atoms with E-state index in [1.807, 2.05) is 54.6 Å². The minimum absolute atomic E-state index is 0.323. The van der Waals surface area contributed by atoms with Gasteiger partial charge in [0.2, 0.25) is 6.10 Å². The zero-order valence-corrected chi connectivity index (χ0v) is 22.0. The van der Waals surface area contributed by atoms with Gasteiger partial charge in [-0.2, -0.15) is 0 Å². The molecule has 188 valence electrons. The number of halogens is 1. The highest BCUT2D eigenvalue weighted by Gasteiger charge is 2.27. The van der Waals surface area contributed by atoms with Crippen molar-refractivity contribution in [2.24, 2.45) is 0 Å². The molecular formula is C31H23BrN2O4. The monoisotopic (exact) mass is 566 g/mol. The number of hydrogen-bond acceptors (Lipinski definition) is 5. The quantitative estimate of drug-likeness (QED) is 0.210. The molecule has 0 saturated carbocycles. The SMILES string of the molecule is COc1cccc(NC(=O)C(OC(=O)c2cc(-c3ccc(Br)cc3)nc3ccccc23)c2ccccc2)c1. The van der Waals surface area contributed by atoms with Crippen LogP contribution in [0.3, 0.4) is 0 Å². The van der Waals surface area contributed by atoms with Gasteiger partial charge in [0.1, 0.15) is 5.75 Å². The molecular weight excluding hydrogens is 544 g/mol. The molecule has 1 unspecified atom stereocenters. The first kappa shape index (κ1) is 25.2. The van der Waals surface area contributed by atoms with Crippen LogP contribution in [0.15, 0.2) is 114 Å². The number of pyridine rings is 1. The van der Waals surface area contributed by atoms with Crippen LogP contribution in [0, 0.1) is 0 Å². The molecule has 5 aromatic rings. The molecule has 0 aliphatic heterocycles. The van der Waals surface area contributed by atoms with Crippen LogP contribution in [0.25, 0.3) is 22.2 Å². The van der Waals surface area contributed by atoms with E-state index in [1.165, 1.54) is 0 Å². The van der Waals surface area contributed by atoms with E-state index in [9.17, 15) is 9.59 Å². The van der Waals surface area contributed by atoms with Gasteiger partial charge in [-0.1, -0.05) is 82.7 Å². The maximum atomic E-state index is 13.7. The van der Waals surface area contributed by atoms with E-state index in [4.69, 9.17) is 14.5 Å². The minimum Gasteiger partial charge on any atom is -0.497 e. The number of para-hydroxylation sites is 1. The number of hydrogen-bond donors (Lipinski definition) is 1. The van der Waals surface area contributed by atoms with Crippen molar-refractivity contribution < 1.29 is 19.1 Å². The van der Waals surface area contributed by atoms with Gasteiger partial charge in [-0.15, -0.1) is 0 Å². The van der Waals surface area contributed by atoms with Crippen molar-refractivity contribution in [1.82, 2.24) is 4.98 Å². The highest BCUT2D eigenvalue weighted by Crippen LogP contribution is 2.29. The summed E-state index contributed by atoms with van der Waals surface area (Å²) in [5, 5.41) is 3.48. The summed E-state index contributed by atoms with van der Waals surface area (Å²) in [7, 11) is 1.55. The Labute approximate surface area is 228 Å². The summed E-state index contributed by atoms with van der Waals surface area (Å²) < 4.78 is 12.1. The molecule has 1 amide bonds. The molecule has 0 bridgehead atoms. The van der Waals surface area contributed by atoms with Crippen molar-refractivity contribution in [3.8, 4) is 17.0 Å². The average molecular weight is 567 g/mol. The van der Waals surface area contributed by atoms with Crippen molar-refractivity contribution in [2.75, 3.05) is 12.4 Å². The lowest BCUT2D eigenvalue weighted by Crippen LogP contribution is -2.26. The number of carbonyl (C=O) groups excluding carboxylic acids is 2. The van der Waals surface area contributed by atoms with Crippen LogP contribution < -0.4 is 10.1 Å². The van der Waals surface area contributed by atoms with Gasteiger partial charge in [-0.25, -0.2) is 9.78 Å². The van der Waals surface area contributed by atoms with E-state index in [0.717, 1.165) is 10.0 Å². The summed E-state index contributed by atoms with van der Waals surface area (Å²) in [5.41, 5.74) is 3.52. The van der Waals surface area contributed by atoms with Crippen LogP contribution in [-0.4, -0.2) is 24.0 Å². The van der Waals surface area contributed by atoms with Gasteiger partial charge in [0.25, 0.3) is 5.91 Å². The molecule has 4 aromatic carbocycles. The second kappa shape index (κ2) is 11.3. The Morgan fingerprint density at radius 3 is 2.34 bits per heavy atom. The molecule has 38 heavy (non-hydrogen) atoms. The fourth-order valence-corrected chi connectivity index (χ4v) is 4.36. The molecule has 1 atom stereocenters. The van der Waals surface area contributed by atoms with E-state index in [-0.39, 0.29) is 0 Å². The maximum Gasteiger partial charge on any atom is 0.340 e. The number of nitrogens with zero attached hydrogens (tertiary/aromatic N) is 1. The molecule has 0 spiro atoms. The Balaban J connectivity index is 1.51. The largest absolute Gasteiger partial charge is 0.497 e. The van der Waals surface area contributed by atoms with E-state index in [2.05, 4.69) is 21.2 Å². The number of benzene rings is 4. The Morgan fingerprint density at radius 1 is 0.842 bits per heavy atom. The second-order valence-corrected chi connectivity index (χ2v) is 9.41. The molecule has 0 radical (unpaired) electrons. The van der Waals surface area contributed by atoms with E-state index in [1.54, 1.807) is 61.7 Å². The fraction of sp³-hybridized carbons (Fsp3) is 0.0645. The second-order valence-electron chi connectivity index (χ2n) is 8.50. The van der Waals surface area contributed by atoms with Crippen LogP contribution in [0.5, 0.6) is 5.75 Å². The van der Waals surface area contributed by atoms with Crippen molar-refractivity contribution in [3.63, 3.8) is 0 Å². The Bertz CT molecular complexity index is 1600. The molecule has 0 fully saturated rings. The lowest BCUT2D eigenvalue weighted by atomic mass is 10.0. The van der Waals surface area contributed by atoms with Crippen LogP contribution >= 0.6 is 15.9 Å². The topological polar surface area (TPSA) is 77.5 Å². The molecule has 1 N–H and O–H groups in total. The smallest absolute Gasteiger partial charge is 0.340 e. The number of amides is 1. The third kappa shape index (κ3) is 5.58. The number of ether oxygens (including phenoxy) is 2. The zero-order chi connectivity index (χ0) is 26.5. The van der Waals surface area contributed by atoms with Crippen LogP contribution in [0.1, 0.15) is 22.0 Å². The third-order valence-corrected chi connectivity index (χ3v) is 6.51. The normalized spacial score (nSPS) is 11.5. The summed E-state index contributed by atoms with van der Waals surface area (Å²) in [6, 6.07) is 32.7. The number of carbonyl (C=O) groups is 2. The van der Waals surface area contributed by atoms with Gasteiger partial charge >= 0.3 is 5.97 Å². The number of rotatable bonds is 7. The summed E-state index contributed by atoms with van der Waals surface area (Å²) in [5.74, 6) is -0.513. The summed E-state index contributed by atoms with van der Waals surface area (Å²) in [4.78, 5) is 31.8. The lowest BCUT2D eigenvalue weighted by molar-refractivity contribution is -0.125. The van der Waals surface area contributed by atoms with Crippen LogP contribution in [0.4, 0.5) is 5.69 Å². The Hall–Kier alpha value is -4.49. The van der Waals surface area contributed by atoms with Gasteiger partial charge in [0, 0.05) is 32.7 Å². The standard InChI is InChI=1S/C31H23BrN2O4/c1-37-24-11-7-10-23(18-24)33-30(35)29(21-8-3-2-4-9-21)38-31(36)26-19-28(20-14-16-22(32)17-15-20)34-27-13-6-5-12-25(26)27/h2-19,29H,1H3,(H,33,35). The molecule has 1 heterocycles. The third-order valence-electron chi connectivity index (χ3n) is 5.98. The first-order valence-electron chi connectivity index (χ1n) is 11.9. The van der Waals surface area contributed by atoms with Crippen LogP contribution in [0.2, 0.25) is 0 Å². The predicted octanol–water partition coefficient (Wildman–Crippen LogP) is 7.21. The van der Waals surface area contributed by atoms with E-state index < -0.39 is 18.0 Å². The molecule has 1 aromatic heterocycles. The van der Waals surface area contributed by atoms with Gasteiger partial charge in [-0.05, 0) is 36.4 Å². The number of anilines is 1. The summed E-state index contributed by atoms with van der Waals surface area (Å²) in [6.45, 7) is 0. The maximum absolute atomic E-state index is 13.7. The molecule has 0 aliphatic rings. The predicted molar refractivity (Wildman–Crippen MR) is 151 cm³/mol. The van der Waals surface area contributed by atoms with Crippen molar-refractivity contribution in [2.45, 2.75) is 6.10 Å². The molecule has 7 heteroatoms. The fourth-order valence-electron chi connectivity index (χ4n) is 4.09. The Kier molecular flexibility index (Phi) is 7.47. The number of nitrogens with one attached hydrogen (secondary N) is 1. The first-order valence-corrected chi connectivity index (χ1v) is 12.7. The number of fused-ring (bicyclic) bond motifs is 1. The van der Waals surface area contributed by atoms with Crippen molar-refractivity contribution in [3.05, 3.63) is 125 Å². The number of methoxy groups -OCH3 is 1. The van der Waals surface area contributed by atoms with Gasteiger partial charge in [-0.3, -0.25) is 4.79 Å². The molecule has 0 aliphatic carbocycles. The first-order chi connectivity index (χ1) is 18.5. The Morgan fingerprint density at radius 2 is 1.58 bits per heavy atom. The van der Waals surface area contributed by atoms with Crippen molar-refractivity contribution in [1.29, 1.82) is 0 Å². The van der Waals surface area contributed by atoms with Gasteiger partial charge in [0.05, 0.1) is 23.9 Å². The van der Waals surface area contributed by atoms with Gasteiger partial charge in [0.15, 0.2) is 0 Å². The average Bonchev–Trinajstić information content (AvgIpc) is 2.96. The van der Waals surface area contributed by atoms with Crippen LogP contribution in [-0.2, 0) is 9.53 Å². The van der Waals surface area contributed by atoms with Crippen molar-refractivity contribution >= 4 is 44.4 Å².